The van der Waals surface area contributed by atoms with Gasteiger partial charge in [-0.15, -0.1) is 3.89 Å². The normalized spacial score (nSPS) is 19.1. The van der Waals surface area contributed by atoms with Crippen LogP contribution in [0.4, 0.5) is 9.57 Å². The Morgan fingerprint density at radius 3 is 2.59 bits per heavy atom. The molecule has 0 radical (unpaired) electrons. The quantitative estimate of drug-likeness (QED) is 0.761. The summed E-state index contributed by atoms with van der Waals surface area (Å²) >= 11 is 3.41. The van der Waals surface area contributed by atoms with Gasteiger partial charge in [0.15, 0.2) is 0 Å². The molecule has 1 saturated heterocycles. The highest BCUT2D eigenvalue weighted by Crippen LogP contribution is 2.30. The molecule has 7 heteroatoms. The topological polar surface area (TPSA) is 54.5 Å². The van der Waals surface area contributed by atoms with Gasteiger partial charge in [0.2, 0.25) is 5.91 Å². The molecule has 0 bridgehead atoms. The van der Waals surface area contributed by atoms with E-state index in [0.29, 0.717) is 5.69 Å². The van der Waals surface area contributed by atoms with Crippen LogP contribution in [0.3, 0.4) is 0 Å². The van der Waals surface area contributed by atoms with Gasteiger partial charge in [-0.05, 0) is 35.0 Å². The Labute approximate surface area is 136 Å². The molecule has 116 valence electrons. The van der Waals surface area contributed by atoms with Gasteiger partial charge in [-0.25, -0.2) is 0 Å². The number of halogens is 2. The Hall–Kier alpha value is -1.47. The number of anilines is 1. The maximum absolute atomic E-state index is 12.8. The molecule has 2 aromatic rings. The van der Waals surface area contributed by atoms with Crippen LogP contribution < -0.4 is 4.90 Å². The summed E-state index contributed by atoms with van der Waals surface area (Å²) in [6.07, 6.45) is 0.0571. The van der Waals surface area contributed by atoms with E-state index in [4.69, 9.17) is 0 Å². The fourth-order valence-corrected chi connectivity index (χ4v) is 3.96. The molecular weight excluding hydrogens is 373 g/mol. The van der Waals surface area contributed by atoms with Gasteiger partial charge in [0.05, 0.1) is 5.75 Å². The molecule has 0 aliphatic carbocycles. The van der Waals surface area contributed by atoms with Crippen molar-refractivity contribution in [1.29, 1.82) is 0 Å². The van der Waals surface area contributed by atoms with Crippen molar-refractivity contribution in [2.75, 3.05) is 17.2 Å². The van der Waals surface area contributed by atoms with Crippen molar-refractivity contribution in [3.8, 4) is 0 Å². The first-order chi connectivity index (χ1) is 10.3. The Morgan fingerprint density at radius 1 is 1.18 bits per heavy atom. The Balaban J connectivity index is 1.88. The minimum Gasteiger partial charge on any atom is -0.312 e. The highest BCUT2D eigenvalue weighted by Gasteiger charge is 2.33. The minimum absolute atomic E-state index is 0.0571. The van der Waals surface area contributed by atoms with E-state index in [1.165, 1.54) is 4.90 Å². The van der Waals surface area contributed by atoms with Crippen LogP contribution in [0.15, 0.2) is 40.9 Å². The fourth-order valence-electron chi connectivity index (χ4n) is 2.80. The maximum atomic E-state index is 12.8. The van der Waals surface area contributed by atoms with Gasteiger partial charge in [-0.2, -0.15) is 8.42 Å². The Morgan fingerprint density at radius 2 is 1.86 bits per heavy atom. The second kappa shape index (κ2) is 5.62. The Kier molecular flexibility index (Phi) is 3.94. The Bertz CT molecular complexity index is 853. The molecule has 4 nitrogen and oxygen atoms in total. The number of carbonyl (C=O) groups excluding carboxylic acids is 1. The molecule has 3 rings (SSSR count). The standard InChI is InChI=1S/C15H13BrFNO3S/c16-13-3-1-12-7-14(4-2-11(12)6-13)18-8-10(5-15(18)19)9-22(17,20)21/h1-4,6-7,10H,5,8-9H2. The molecular formula is C15H13BrFNO3S. The van der Waals surface area contributed by atoms with Crippen molar-refractivity contribution in [3.63, 3.8) is 0 Å². The first-order valence-electron chi connectivity index (χ1n) is 6.74. The molecule has 22 heavy (non-hydrogen) atoms. The predicted molar refractivity (Wildman–Crippen MR) is 87.0 cm³/mol. The van der Waals surface area contributed by atoms with Crippen molar-refractivity contribution in [1.82, 2.24) is 0 Å². The number of rotatable bonds is 3. The highest BCUT2D eigenvalue weighted by molar-refractivity contribution is 9.10. The molecule has 1 fully saturated rings. The van der Waals surface area contributed by atoms with Crippen LogP contribution in [0.5, 0.6) is 0 Å². The van der Waals surface area contributed by atoms with Crippen LogP contribution >= 0.6 is 15.9 Å². The highest BCUT2D eigenvalue weighted by atomic mass is 79.9. The van der Waals surface area contributed by atoms with Crippen molar-refractivity contribution < 1.29 is 17.1 Å². The average Bonchev–Trinajstić information content (AvgIpc) is 2.76. The first-order valence-corrected chi connectivity index (χ1v) is 9.08. The summed E-state index contributed by atoms with van der Waals surface area (Å²) in [5, 5.41) is 2.02. The number of carbonyl (C=O) groups is 1. The zero-order chi connectivity index (χ0) is 15.9. The molecule has 0 spiro atoms. The molecule has 1 aliphatic rings. The molecule has 1 amide bonds. The van der Waals surface area contributed by atoms with Gasteiger partial charge in [-0.3, -0.25) is 4.79 Å². The lowest BCUT2D eigenvalue weighted by molar-refractivity contribution is -0.117. The maximum Gasteiger partial charge on any atom is 0.302 e. The van der Waals surface area contributed by atoms with E-state index < -0.39 is 21.9 Å². The third kappa shape index (κ3) is 3.30. The first kappa shape index (κ1) is 15.4. The minimum atomic E-state index is -4.56. The third-order valence-corrected chi connectivity index (χ3v) is 5.10. The summed E-state index contributed by atoms with van der Waals surface area (Å²) in [5.41, 5.74) is 0.707. The predicted octanol–water partition coefficient (Wildman–Crippen LogP) is 3.25. The summed E-state index contributed by atoms with van der Waals surface area (Å²) < 4.78 is 35.2. The van der Waals surface area contributed by atoms with E-state index in [0.717, 1.165) is 15.2 Å². The van der Waals surface area contributed by atoms with Gasteiger partial charge in [0, 0.05) is 29.0 Å². The zero-order valence-electron chi connectivity index (χ0n) is 11.5. The van der Waals surface area contributed by atoms with Crippen molar-refractivity contribution in [2.24, 2.45) is 5.92 Å². The molecule has 1 aliphatic heterocycles. The van der Waals surface area contributed by atoms with Crippen molar-refractivity contribution in [3.05, 3.63) is 40.9 Å². The lowest BCUT2D eigenvalue weighted by Gasteiger charge is -2.17. The monoisotopic (exact) mass is 385 g/mol. The van der Waals surface area contributed by atoms with Gasteiger partial charge in [0.1, 0.15) is 0 Å². The average molecular weight is 386 g/mol. The van der Waals surface area contributed by atoms with Gasteiger partial charge < -0.3 is 4.90 Å². The largest absolute Gasteiger partial charge is 0.312 e. The number of benzene rings is 2. The number of hydrogen-bond donors (Lipinski definition) is 0. The van der Waals surface area contributed by atoms with E-state index in [1.807, 2.05) is 36.4 Å². The van der Waals surface area contributed by atoms with Crippen LogP contribution in [0, 0.1) is 5.92 Å². The van der Waals surface area contributed by atoms with Gasteiger partial charge in [-0.1, -0.05) is 28.1 Å². The molecule has 0 aromatic heterocycles. The summed E-state index contributed by atoms with van der Waals surface area (Å²) in [6.45, 7) is 0.226. The zero-order valence-corrected chi connectivity index (χ0v) is 13.9. The second-order valence-corrected chi connectivity index (χ2v) is 7.78. The summed E-state index contributed by atoms with van der Waals surface area (Å²) in [6, 6.07) is 11.4. The fraction of sp³-hybridized carbons (Fsp3) is 0.267. The van der Waals surface area contributed by atoms with Crippen molar-refractivity contribution >= 4 is 48.5 Å². The van der Waals surface area contributed by atoms with E-state index in [-0.39, 0.29) is 18.9 Å². The van der Waals surface area contributed by atoms with E-state index in [2.05, 4.69) is 15.9 Å². The number of fused-ring (bicyclic) bond motifs is 1. The molecule has 1 heterocycles. The van der Waals surface area contributed by atoms with Crippen LogP contribution in [-0.4, -0.2) is 26.6 Å². The van der Waals surface area contributed by atoms with E-state index >= 15 is 0 Å². The van der Waals surface area contributed by atoms with Crippen LogP contribution in [0.1, 0.15) is 6.42 Å². The lowest BCUT2D eigenvalue weighted by atomic mass is 10.1. The van der Waals surface area contributed by atoms with Crippen LogP contribution in [-0.2, 0) is 15.0 Å². The van der Waals surface area contributed by atoms with Crippen LogP contribution in [0.2, 0.25) is 0 Å². The SMILES string of the molecule is O=C1CC(CS(=O)(=O)F)CN1c1ccc2cc(Br)ccc2c1. The van der Waals surface area contributed by atoms with Crippen molar-refractivity contribution in [2.45, 2.75) is 6.42 Å². The third-order valence-electron chi connectivity index (χ3n) is 3.74. The lowest BCUT2D eigenvalue weighted by Crippen LogP contribution is -2.25. The number of nitrogens with zero attached hydrogens (tertiary/aromatic N) is 1. The molecule has 0 saturated carbocycles. The second-order valence-electron chi connectivity index (χ2n) is 5.46. The van der Waals surface area contributed by atoms with E-state index in [9.17, 15) is 17.1 Å². The van der Waals surface area contributed by atoms with Gasteiger partial charge >= 0.3 is 10.2 Å². The summed E-state index contributed by atoms with van der Waals surface area (Å²) in [7, 11) is -4.56. The number of hydrogen-bond acceptors (Lipinski definition) is 3. The van der Waals surface area contributed by atoms with E-state index in [1.54, 1.807) is 0 Å². The summed E-state index contributed by atoms with van der Waals surface area (Å²) in [4.78, 5) is 13.6. The molecule has 0 N–H and O–H groups in total. The molecule has 1 unspecified atom stereocenters. The molecule has 1 atom stereocenters. The molecule has 2 aromatic carbocycles. The van der Waals surface area contributed by atoms with Crippen LogP contribution in [0.25, 0.3) is 10.8 Å². The smallest absolute Gasteiger partial charge is 0.302 e. The number of amides is 1. The summed E-state index contributed by atoms with van der Waals surface area (Å²) in [5.74, 6) is -1.27. The van der Waals surface area contributed by atoms with Gasteiger partial charge in [0.25, 0.3) is 0 Å².